The quantitative estimate of drug-likeness (QED) is 0.853. The van der Waals surface area contributed by atoms with Crippen LogP contribution in [0, 0.1) is 0 Å². The minimum atomic E-state index is -0.0834. The molecule has 2 aromatic carbocycles. The third-order valence-electron chi connectivity index (χ3n) is 3.25. The fourth-order valence-corrected chi connectivity index (χ4v) is 2.56. The van der Waals surface area contributed by atoms with Crippen LogP contribution in [0.5, 0.6) is 5.75 Å². The molecule has 0 saturated heterocycles. The van der Waals surface area contributed by atoms with E-state index in [-0.39, 0.29) is 12.1 Å². The van der Waals surface area contributed by atoms with Gasteiger partial charge in [-0.1, -0.05) is 41.9 Å². The Bertz CT molecular complexity index is 556. The summed E-state index contributed by atoms with van der Waals surface area (Å²) < 4.78 is 6.00. The molecule has 0 unspecified atom stereocenters. The first kappa shape index (κ1) is 11.6. The molecule has 2 nitrogen and oxygen atoms in total. The molecule has 0 radical (unpaired) electrons. The van der Waals surface area contributed by atoms with Crippen LogP contribution in [0.25, 0.3) is 0 Å². The Morgan fingerprint density at radius 2 is 1.89 bits per heavy atom. The highest BCUT2D eigenvalue weighted by molar-refractivity contribution is 6.30. The lowest BCUT2D eigenvalue weighted by Crippen LogP contribution is -2.37. The zero-order chi connectivity index (χ0) is 12.5. The summed E-state index contributed by atoms with van der Waals surface area (Å²) in [5.41, 5.74) is 8.41. The lowest BCUT2D eigenvalue weighted by Gasteiger charge is -2.31. The van der Waals surface area contributed by atoms with Crippen molar-refractivity contribution >= 4 is 11.6 Å². The van der Waals surface area contributed by atoms with Crippen molar-refractivity contribution in [2.75, 3.05) is 0 Å². The molecular formula is C15H14ClNO. The fourth-order valence-electron chi connectivity index (χ4n) is 2.37. The first-order chi connectivity index (χ1) is 8.74. The first-order valence-corrected chi connectivity index (χ1v) is 6.37. The number of fused-ring (bicyclic) bond motifs is 1. The summed E-state index contributed by atoms with van der Waals surface area (Å²) in [5.74, 6) is 0.884. The normalized spacial score (nSPS) is 22.1. The van der Waals surface area contributed by atoms with E-state index in [1.54, 1.807) is 0 Å². The van der Waals surface area contributed by atoms with Gasteiger partial charge >= 0.3 is 0 Å². The second-order valence-corrected chi connectivity index (χ2v) is 5.01. The highest BCUT2D eigenvalue weighted by Crippen LogP contribution is 2.35. The van der Waals surface area contributed by atoms with Crippen molar-refractivity contribution in [2.45, 2.75) is 18.6 Å². The maximum atomic E-state index is 6.21. The molecule has 0 spiro atoms. The standard InChI is InChI=1S/C15H14ClNO/c16-12-6-7-14-11(8-12)9-13(17)15(18-14)10-4-2-1-3-5-10/h1-8,13,15H,9,17H2/t13-,15-/m0/s1. The van der Waals surface area contributed by atoms with E-state index < -0.39 is 0 Å². The monoisotopic (exact) mass is 259 g/mol. The van der Waals surface area contributed by atoms with Gasteiger partial charge in [0, 0.05) is 5.02 Å². The molecule has 1 heterocycles. The molecule has 92 valence electrons. The van der Waals surface area contributed by atoms with Crippen LogP contribution in [-0.4, -0.2) is 6.04 Å². The molecule has 1 aliphatic rings. The van der Waals surface area contributed by atoms with Gasteiger partial charge in [-0.05, 0) is 35.7 Å². The van der Waals surface area contributed by atoms with Crippen molar-refractivity contribution in [2.24, 2.45) is 5.73 Å². The molecule has 0 amide bonds. The van der Waals surface area contributed by atoms with Gasteiger partial charge in [-0.15, -0.1) is 0 Å². The fraction of sp³-hybridized carbons (Fsp3) is 0.200. The molecule has 0 fully saturated rings. The summed E-state index contributed by atoms with van der Waals surface area (Å²) in [6, 6.07) is 15.7. The Hall–Kier alpha value is -1.51. The minimum absolute atomic E-state index is 0.0432. The molecule has 0 aromatic heterocycles. The van der Waals surface area contributed by atoms with E-state index in [1.165, 1.54) is 0 Å². The largest absolute Gasteiger partial charge is 0.484 e. The van der Waals surface area contributed by atoms with Gasteiger partial charge in [0.25, 0.3) is 0 Å². The number of benzene rings is 2. The van der Waals surface area contributed by atoms with Crippen LogP contribution < -0.4 is 10.5 Å². The second-order valence-electron chi connectivity index (χ2n) is 4.57. The number of hydrogen-bond acceptors (Lipinski definition) is 2. The van der Waals surface area contributed by atoms with E-state index in [1.807, 2.05) is 48.5 Å². The first-order valence-electron chi connectivity index (χ1n) is 5.99. The Kier molecular flexibility index (Phi) is 2.98. The summed E-state index contributed by atoms with van der Waals surface area (Å²) in [6.07, 6.45) is 0.704. The number of hydrogen-bond donors (Lipinski definition) is 1. The molecule has 0 bridgehead atoms. The smallest absolute Gasteiger partial charge is 0.139 e. The highest BCUT2D eigenvalue weighted by atomic mass is 35.5. The molecule has 3 rings (SSSR count). The Labute approximate surface area is 111 Å². The third kappa shape index (κ3) is 2.09. The molecular weight excluding hydrogens is 246 g/mol. The Morgan fingerprint density at radius 1 is 1.11 bits per heavy atom. The number of ether oxygens (including phenoxy) is 1. The molecule has 0 saturated carbocycles. The van der Waals surface area contributed by atoms with Crippen LogP contribution in [0.4, 0.5) is 0 Å². The summed E-state index contributed by atoms with van der Waals surface area (Å²) in [7, 11) is 0. The van der Waals surface area contributed by atoms with Crippen molar-refractivity contribution in [1.29, 1.82) is 0 Å². The minimum Gasteiger partial charge on any atom is -0.484 e. The zero-order valence-electron chi connectivity index (χ0n) is 9.84. The van der Waals surface area contributed by atoms with Gasteiger partial charge in [0.05, 0.1) is 6.04 Å². The van der Waals surface area contributed by atoms with Crippen LogP contribution in [0.3, 0.4) is 0 Å². The molecule has 1 aliphatic heterocycles. The van der Waals surface area contributed by atoms with Gasteiger partial charge in [0.1, 0.15) is 11.9 Å². The molecule has 2 aromatic rings. The topological polar surface area (TPSA) is 35.2 Å². The maximum Gasteiger partial charge on any atom is 0.139 e. The van der Waals surface area contributed by atoms with Crippen molar-refractivity contribution in [3.63, 3.8) is 0 Å². The molecule has 2 N–H and O–H groups in total. The zero-order valence-corrected chi connectivity index (χ0v) is 10.6. The van der Waals surface area contributed by atoms with Crippen molar-refractivity contribution in [3.8, 4) is 5.75 Å². The van der Waals surface area contributed by atoms with Gasteiger partial charge in [-0.3, -0.25) is 0 Å². The van der Waals surface area contributed by atoms with Gasteiger partial charge in [-0.25, -0.2) is 0 Å². The predicted molar refractivity (Wildman–Crippen MR) is 72.9 cm³/mol. The average molecular weight is 260 g/mol. The number of rotatable bonds is 1. The van der Waals surface area contributed by atoms with E-state index in [4.69, 9.17) is 22.1 Å². The average Bonchev–Trinajstić information content (AvgIpc) is 2.39. The molecule has 2 atom stereocenters. The third-order valence-corrected chi connectivity index (χ3v) is 3.48. The van der Waals surface area contributed by atoms with Crippen molar-refractivity contribution in [3.05, 3.63) is 64.7 Å². The summed E-state index contributed by atoms with van der Waals surface area (Å²) >= 11 is 5.98. The number of nitrogens with two attached hydrogens (primary N) is 1. The SMILES string of the molecule is N[C@H]1Cc2cc(Cl)ccc2O[C@H]1c1ccccc1. The molecule has 3 heteroatoms. The Balaban J connectivity index is 1.95. The van der Waals surface area contributed by atoms with Crippen molar-refractivity contribution in [1.82, 2.24) is 0 Å². The van der Waals surface area contributed by atoms with E-state index in [0.717, 1.165) is 28.3 Å². The summed E-state index contributed by atoms with van der Waals surface area (Å²) in [5, 5.41) is 0.725. The van der Waals surface area contributed by atoms with Gasteiger partial charge in [0.2, 0.25) is 0 Å². The van der Waals surface area contributed by atoms with Crippen LogP contribution in [0.15, 0.2) is 48.5 Å². The lowest BCUT2D eigenvalue weighted by atomic mass is 9.93. The van der Waals surface area contributed by atoms with Crippen LogP contribution in [0.1, 0.15) is 17.2 Å². The van der Waals surface area contributed by atoms with E-state index in [9.17, 15) is 0 Å². The van der Waals surface area contributed by atoms with E-state index in [2.05, 4.69) is 0 Å². The van der Waals surface area contributed by atoms with Crippen LogP contribution in [-0.2, 0) is 6.42 Å². The summed E-state index contributed by atoms with van der Waals surface area (Å²) in [6.45, 7) is 0. The molecule has 0 aliphatic carbocycles. The van der Waals surface area contributed by atoms with E-state index in [0.29, 0.717) is 0 Å². The van der Waals surface area contributed by atoms with E-state index >= 15 is 0 Å². The Morgan fingerprint density at radius 3 is 2.67 bits per heavy atom. The van der Waals surface area contributed by atoms with Crippen LogP contribution in [0.2, 0.25) is 5.02 Å². The predicted octanol–water partition coefficient (Wildman–Crippen LogP) is 3.34. The molecule has 18 heavy (non-hydrogen) atoms. The highest BCUT2D eigenvalue weighted by Gasteiger charge is 2.28. The maximum absolute atomic E-state index is 6.21. The van der Waals surface area contributed by atoms with Gasteiger partial charge in [0.15, 0.2) is 0 Å². The van der Waals surface area contributed by atoms with Gasteiger partial charge in [-0.2, -0.15) is 0 Å². The van der Waals surface area contributed by atoms with Crippen molar-refractivity contribution < 1.29 is 4.74 Å². The van der Waals surface area contributed by atoms with Crippen LogP contribution >= 0.6 is 11.6 Å². The second kappa shape index (κ2) is 4.63. The number of halogens is 1. The van der Waals surface area contributed by atoms with Gasteiger partial charge < -0.3 is 10.5 Å². The lowest BCUT2D eigenvalue weighted by molar-refractivity contribution is 0.153. The summed E-state index contributed by atoms with van der Waals surface area (Å²) in [4.78, 5) is 0.